The zero-order valence-corrected chi connectivity index (χ0v) is 7.73. The van der Waals surface area contributed by atoms with Gasteiger partial charge in [-0.2, -0.15) is 0 Å². The monoisotopic (exact) mass is 209 g/mol. The molecule has 1 aliphatic carbocycles. The molecular formula is C8H10ClF2NO. The first-order chi connectivity index (χ1) is 6.04. The van der Waals surface area contributed by atoms with Gasteiger partial charge in [0.05, 0.1) is 6.04 Å². The molecule has 2 unspecified atom stereocenters. The summed E-state index contributed by atoms with van der Waals surface area (Å²) in [5, 5.41) is 0. The van der Waals surface area contributed by atoms with E-state index in [2.05, 4.69) is 0 Å². The van der Waals surface area contributed by atoms with E-state index in [-0.39, 0.29) is 24.1 Å². The zero-order valence-electron chi connectivity index (χ0n) is 6.97. The number of hydrogen-bond acceptors (Lipinski definition) is 1. The highest BCUT2D eigenvalue weighted by Crippen LogP contribution is 2.47. The molecular weight excluding hydrogens is 200 g/mol. The van der Waals surface area contributed by atoms with Gasteiger partial charge >= 0.3 is 0 Å². The fourth-order valence-electron chi connectivity index (χ4n) is 2.34. The lowest BCUT2D eigenvalue weighted by molar-refractivity contribution is -0.141. The SMILES string of the molecule is O=C(CCl)N1CC2CC1C(F)(F)C2. The molecule has 1 amide bonds. The van der Waals surface area contributed by atoms with Crippen LogP contribution < -0.4 is 0 Å². The lowest BCUT2D eigenvalue weighted by atomic mass is 10.1. The Labute approximate surface area is 79.8 Å². The molecule has 0 N–H and O–H groups in total. The first-order valence-corrected chi connectivity index (χ1v) is 4.81. The number of hydrogen-bond donors (Lipinski definition) is 0. The number of halogens is 3. The van der Waals surface area contributed by atoms with Gasteiger partial charge in [0.25, 0.3) is 5.92 Å². The van der Waals surface area contributed by atoms with E-state index < -0.39 is 12.0 Å². The van der Waals surface area contributed by atoms with Crippen LogP contribution in [-0.2, 0) is 4.79 Å². The van der Waals surface area contributed by atoms with Crippen molar-refractivity contribution in [3.63, 3.8) is 0 Å². The van der Waals surface area contributed by atoms with Gasteiger partial charge in [0, 0.05) is 13.0 Å². The van der Waals surface area contributed by atoms with Crippen molar-refractivity contribution in [2.24, 2.45) is 5.92 Å². The lowest BCUT2D eigenvalue weighted by Gasteiger charge is -2.32. The van der Waals surface area contributed by atoms with Crippen molar-refractivity contribution in [1.29, 1.82) is 0 Å². The van der Waals surface area contributed by atoms with E-state index in [9.17, 15) is 13.6 Å². The molecule has 1 saturated heterocycles. The van der Waals surface area contributed by atoms with Gasteiger partial charge in [-0.3, -0.25) is 4.79 Å². The van der Waals surface area contributed by atoms with Crippen LogP contribution in [0.3, 0.4) is 0 Å². The van der Waals surface area contributed by atoms with E-state index in [1.165, 1.54) is 4.90 Å². The molecule has 2 fully saturated rings. The Morgan fingerprint density at radius 1 is 1.62 bits per heavy atom. The van der Waals surface area contributed by atoms with Crippen LogP contribution in [0.4, 0.5) is 8.78 Å². The number of fused-ring (bicyclic) bond motifs is 2. The van der Waals surface area contributed by atoms with Crippen LogP contribution in [0.2, 0.25) is 0 Å². The van der Waals surface area contributed by atoms with E-state index in [0.717, 1.165) is 0 Å². The van der Waals surface area contributed by atoms with E-state index in [1.807, 2.05) is 0 Å². The Morgan fingerprint density at radius 2 is 2.31 bits per heavy atom. The molecule has 13 heavy (non-hydrogen) atoms. The van der Waals surface area contributed by atoms with Gasteiger partial charge in [0.1, 0.15) is 5.88 Å². The normalized spacial score (nSPS) is 35.5. The number of rotatable bonds is 1. The van der Waals surface area contributed by atoms with Gasteiger partial charge in [-0.25, -0.2) is 8.78 Å². The molecule has 2 nitrogen and oxygen atoms in total. The van der Waals surface area contributed by atoms with Gasteiger partial charge in [-0.1, -0.05) is 0 Å². The molecule has 0 aromatic rings. The average molecular weight is 210 g/mol. The van der Waals surface area contributed by atoms with Crippen molar-refractivity contribution in [3.8, 4) is 0 Å². The second-order valence-electron chi connectivity index (χ2n) is 3.76. The summed E-state index contributed by atoms with van der Waals surface area (Å²) >= 11 is 5.33. The smallest absolute Gasteiger partial charge is 0.268 e. The van der Waals surface area contributed by atoms with Crippen LogP contribution in [0.5, 0.6) is 0 Å². The Hall–Kier alpha value is -0.380. The number of nitrogens with zero attached hydrogens (tertiary/aromatic N) is 1. The second kappa shape index (κ2) is 2.80. The summed E-state index contributed by atoms with van der Waals surface area (Å²) < 4.78 is 26.3. The molecule has 1 heterocycles. The van der Waals surface area contributed by atoms with Crippen molar-refractivity contribution in [3.05, 3.63) is 0 Å². The average Bonchev–Trinajstić information content (AvgIpc) is 2.57. The van der Waals surface area contributed by atoms with E-state index >= 15 is 0 Å². The number of likely N-dealkylation sites (tertiary alicyclic amines) is 1. The highest BCUT2D eigenvalue weighted by atomic mass is 35.5. The molecule has 1 aliphatic heterocycles. The molecule has 2 atom stereocenters. The summed E-state index contributed by atoms with van der Waals surface area (Å²) in [4.78, 5) is 12.4. The summed E-state index contributed by atoms with van der Waals surface area (Å²) in [6.07, 6.45) is 0.374. The highest BCUT2D eigenvalue weighted by molar-refractivity contribution is 6.27. The summed E-state index contributed by atoms with van der Waals surface area (Å²) in [5.41, 5.74) is 0. The molecule has 2 aliphatic rings. The predicted octanol–water partition coefficient (Wildman–Crippen LogP) is 1.48. The van der Waals surface area contributed by atoms with Crippen LogP contribution in [-0.4, -0.2) is 35.2 Å². The summed E-state index contributed by atoms with van der Waals surface area (Å²) in [5.74, 6) is -3.27. The molecule has 0 spiro atoms. The van der Waals surface area contributed by atoms with Crippen molar-refractivity contribution < 1.29 is 13.6 Å². The number of carbonyl (C=O) groups excluding carboxylic acids is 1. The number of piperidine rings is 1. The van der Waals surface area contributed by atoms with Crippen LogP contribution in [0.1, 0.15) is 12.8 Å². The third-order valence-electron chi connectivity index (χ3n) is 2.87. The van der Waals surface area contributed by atoms with Crippen LogP contribution in [0.15, 0.2) is 0 Å². The van der Waals surface area contributed by atoms with Gasteiger partial charge in [0.2, 0.25) is 5.91 Å². The minimum atomic E-state index is -2.69. The number of alkyl halides is 3. The van der Waals surface area contributed by atoms with E-state index in [0.29, 0.717) is 13.0 Å². The quantitative estimate of drug-likeness (QED) is 0.599. The molecule has 2 bridgehead atoms. The van der Waals surface area contributed by atoms with E-state index in [4.69, 9.17) is 11.6 Å². The lowest BCUT2D eigenvalue weighted by Crippen LogP contribution is -2.48. The first-order valence-electron chi connectivity index (χ1n) is 4.28. The minimum absolute atomic E-state index is 0.0211. The van der Waals surface area contributed by atoms with Crippen molar-refractivity contribution >= 4 is 17.5 Å². The minimum Gasteiger partial charge on any atom is -0.332 e. The Morgan fingerprint density at radius 3 is 2.77 bits per heavy atom. The van der Waals surface area contributed by atoms with Gasteiger partial charge in [-0.15, -0.1) is 11.6 Å². The fraction of sp³-hybridized carbons (Fsp3) is 0.875. The summed E-state index contributed by atoms with van der Waals surface area (Å²) in [7, 11) is 0. The van der Waals surface area contributed by atoms with Crippen molar-refractivity contribution in [2.75, 3.05) is 12.4 Å². The zero-order chi connectivity index (χ0) is 9.64. The predicted molar refractivity (Wildman–Crippen MR) is 43.9 cm³/mol. The summed E-state index contributed by atoms with van der Waals surface area (Å²) in [6.45, 7) is 0.464. The van der Waals surface area contributed by atoms with E-state index in [1.54, 1.807) is 0 Å². The first kappa shape index (κ1) is 9.19. The van der Waals surface area contributed by atoms with Gasteiger partial charge in [-0.05, 0) is 12.3 Å². The Bertz CT molecular complexity index is 246. The molecule has 0 aromatic carbocycles. The van der Waals surface area contributed by atoms with Gasteiger partial charge in [0.15, 0.2) is 0 Å². The third-order valence-corrected chi connectivity index (χ3v) is 3.10. The second-order valence-corrected chi connectivity index (χ2v) is 4.03. The molecule has 2 rings (SSSR count). The maximum Gasteiger partial charge on any atom is 0.268 e. The van der Waals surface area contributed by atoms with Crippen LogP contribution in [0, 0.1) is 5.92 Å². The molecule has 0 radical (unpaired) electrons. The highest BCUT2D eigenvalue weighted by Gasteiger charge is 2.57. The standard InChI is InChI=1S/C8H10ClF2NO/c9-3-7(13)12-4-5-1-6(12)8(10,11)2-5/h5-6H,1-4H2. The van der Waals surface area contributed by atoms with Crippen LogP contribution in [0.25, 0.3) is 0 Å². The van der Waals surface area contributed by atoms with Crippen LogP contribution >= 0.6 is 11.6 Å². The molecule has 74 valence electrons. The molecule has 5 heteroatoms. The fourth-order valence-corrected chi connectivity index (χ4v) is 2.50. The van der Waals surface area contributed by atoms with Crippen molar-refractivity contribution in [1.82, 2.24) is 4.90 Å². The van der Waals surface area contributed by atoms with Crippen molar-refractivity contribution in [2.45, 2.75) is 24.8 Å². The third kappa shape index (κ3) is 1.31. The Balaban J connectivity index is 2.14. The molecule has 0 aromatic heterocycles. The maximum absolute atomic E-state index is 13.1. The van der Waals surface area contributed by atoms with Gasteiger partial charge < -0.3 is 4.90 Å². The topological polar surface area (TPSA) is 20.3 Å². The summed E-state index contributed by atoms with van der Waals surface area (Å²) in [6, 6.07) is -0.885. The number of carbonyl (C=O) groups is 1. The number of amides is 1. The maximum atomic E-state index is 13.1. The Kier molecular flexibility index (Phi) is 1.98. The largest absolute Gasteiger partial charge is 0.332 e. The molecule has 1 saturated carbocycles.